The normalized spacial score (nSPS) is 15.9. The predicted molar refractivity (Wildman–Crippen MR) is 126 cm³/mol. The van der Waals surface area contributed by atoms with Crippen LogP contribution in [-0.2, 0) is 20.6 Å². The number of halogens is 4. The average molecular weight is 547 g/mol. The van der Waals surface area contributed by atoms with E-state index in [1.807, 2.05) is 5.09 Å². The molecule has 2 heterocycles. The van der Waals surface area contributed by atoms with Gasteiger partial charge in [0.05, 0.1) is 19.0 Å². The molecule has 3 aromatic rings. The molecule has 0 spiro atoms. The number of nitrogen functional groups attached to an aromatic ring is 1. The van der Waals surface area contributed by atoms with E-state index in [4.69, 9.17) is 10.5 Å². The number of carboxylic acid groups (broad SMARTS) is 1. The fourth-order valence-corrected chi connectivity index (χ4v) is 5.81. The van der Waals surface area contributed by atoms with E-state index in [1.54, 1.807) is 11.5 Å². The van der Waals surface area contributed by atoms with Crippen molar-refractivity contribution in [1.82, 2.24) is 29.7 Å². The van der Waals surface area contributed by atoms with Crippen LogP contribution >= 0.6 is 7.44 Å². The Labute approximate surface area is 208 Å². The van der Waals surface area contributed by atoms with Crippen molar-refractivity contribution < 1.29 is 36.8 Å². The fraction of sp³-hybridized carbons (Fsp3) is 0.429. The molecule has 0 unspecified atom stereocenters. The average Bonchev–Trinajstić information content (AvgIpc) is 3.19. The summed E-state index contributed by atoms with van der Waals surface area (Å²) >= 11 is 0. The molecule has 0 saturated heterocycles. The number of hydrogen-bond acceptors (Lipinski definition) is 7. The van der Waals surface area contributed by atoms with Crippen LogP contribution in [0.15, 0.2) is 36.9 Å². The maximum absolute atomic E-state index is 14.0. The van der Waals surface area contributed by atoms with Crippen molar-refractivity contribution in [2.75, 3.05) is 12.1 Å². The Kier molecular flexibility index (Phi) is 8.22. The molecule has 16 heteroatoms. The Morgan fingerprint density at radius 2 is 1.97 bits per heavy atom. The Morgan fingerprint density at radius 3 is 2.59 bits per heavy atom. The van der Waals surface area contributed by atoms with Crippen molar-refractivity contribution in [3.63, 3.8) is 0 Å². The lowest BCUT2D eigenvalue weighted by atomic mass is 10.1. The second-order valence-corrected chi connectivity index (χ2v) is 11.1. The topological polar surface area (TPSA) is 157 Å². The number of carbonyl (C=O) groups is 1. The van der Waals surface area contributed by atoms with Crippen molar-refractivity contribution in [1.29, 1.82) is 0 Å². The van der Waals surface area contributed by atoms with Crippen LogP contribution in [0.4, 0.5) is 23.4 Å². The van der Waals surface area contributed by atoms with Gasteiger partial charge in [0.2, 0.25) is 7.44 Å². The maximum Gasteiger partial charge on any atom is 0.408 e. The Hall–Kier alpha value is -3.13. The van der Waals surface area contributed by atoms with Gasteiger partial charge in [-0.2, -0.15) is 13.2 Å². The first kappa shape index (κ1) is 28.4. The lowest BCUT2D eigenvalue weighted by Crippen LogP contribution is -2.49. The van der Waals surface area contributed by atoms with Gasteiger partial charge in [-0.05, 0) is 38.5 Å². The second-order valence-electron chi connectivity index (χ2n) is 8.87. The van der Waals surface area contributed by atoms with E-state index in [9.17, 15) is 32.0 Å². The molecule has 0 aliphatic heterocycles. The van der Waals surface area contributed by atoms with E-state index in [0.717, 1.165) is 32.0 Å². The van der Waals surface area contributed by atoms with E-state index in [1.165, 1.54) is 12.7 Å². The standard InChI is InChI=1S/C21H26F4N7O4P/c1-12(8-32-10-29-15-17(26)27-9-28-18(15)32)36-11-37(35,31-20(2,3)19(33)34)30-16(21(23,24)25)13-5-4-6-14(22)7-13/h4-7,9-10,12,16H,8,11H2,1-3H3,(H,33,34)(H2,26,27,28)(H2,30,31,35)/t12-,16-,37+/m1/s1. The number of nitrogens with two attached hydrogens (primary N) is 1. The van der Waals surface area contributed by atoms with Gasteiger partial charge in [-0.1, -0.05) is 12.1 Å². The minimum atomic E-state index is -5.00. The number of ether oxygens (including phenoxy) is 1. The van der Waals surface area contributed by atoms with Crippen molar-refractivity contribution in [2.24, 2.45) is 0 Å². The molecule has 0 radical (unpaired) electrons. The zero-order valence-corrected chi connectivity index (χ0v) is 20.9. The molecule has 2 aromatic heterocycles. The molecule has 0 aliphatic carbocycles. The summed E-state index contributed by atoms with van der Waals surface area (Å²) in [5.41, 5.74) is 4.05. The molecule has 0 saturated carbocycles. The number of alkyl halides is 3. The SMILES string of the molecule is C[C@H](Cn1cnc2c(N)ncnc21)OC[P@](=O)(N[C@H](c1cccc(F)c1)C(F)(F)F)NC(C)(C)C(=O)O. The van der Waals surface area contributed by atoms with Crippen LogP contribution in [0.2, 0.25) is 0 Å². The molecular weight excluding hydrogens is 521 g/mol. The number of fused-ring (bicyclic) bond motifs is 1. The lowest BCUT2D eigenvalue weighted by Gasteiger charge is -2.33. The van der Waals surface area contributed by atoms with Crippen LogP contribution in [0.25, 0.3) is 11.2 Å². The van der Waals surface area contributed by atoms with Crippen molar-refractivity contribution in [3.8, 4) is 0 Å². The van der Waals surface area contributed by atoms with Crippen LogP contribution in [0.3, 0.4) is 0 Å². The summed E-state index contributed by atoms with van der Waals surface area (Å²) in [7, 11) is -4.44. The Balaban J connectivity index is 1.85. The Morgan fingerprint density at radius 1 is 1.27 bits per heavy atom. The number of benzene rings is 1. The molecule has 1 aromatic carbocycles. The van der Waals surface area contributed by atoms with Gasteiger partial charge in [0.15, 0.2) is 11.5 Å². The maximum atomic E-state index is 14.0. The van der Waals surface area contributed by atoms with Gasteiger partial charge in [0, 0.05) is 0 Å². The highest BCUT2D eigenvalue weighted by atomic mass is 31.2. The molecule has 3 rings (SSSR count). The predicted octanol–water partition coefficient (Wildman–Crippen LogP) is 3.45. The van der Waals surface area contributed by atoms with Gasteiger partial charge in [-0.25, -0.2) is 29.5 Å². The molecule has 37 heavy (non-hydrogen) atoms. The summed E-state index contributed by atoms with van der Waals surface area (Å²) in [6.07, 6.45) is -3.91. The quantitative estimate of drug-likeness (QED) is 0.207. The van der Waals surface area contributed by atoms with E-state index < -0.39 is 55.0 Å². The number of carboxylic acids is 1. The van der Waals surface area contributed by atoms with Crippen LogP contribution in [0.5, 0.6) is 0 Å². The van der Waals surface area contributed by atoms with Crippen LogP contribution in [0.1, 0.15) is 32.4 Å². The smallest absolute Gasteiger partial charge is 0.408 e. The number of hydrogen-bond donors (Lipinski definition) is 4. The first-order chi connectivity index (χ1) is 17.1. The highest BCUT2D eigenvalue weighted by molar-refractivity contribution is 7.59. The number of nitrogens with zero attached hydrogens (tertiary/aromatic N) is 4. The minimum Gasteiger partial charge on any atom is -0.480 e. The number of aliphatic carboxylic acids is 1. The highest BCUT2D eigenvalue weighted by Gasteiger charge is 2.46. The number of anilines is 1. The van der Waals surface area contributed by atoms with E-state index >= 15 is 0 Å². The van der Waals surface area contributed by atoms with Crippen molar-refractivity contribution in [3.05, 3.63) is 48.3 Å². The van der Waals surface area contributed by atoms with Crippen LogP contribution in [-0.4, -0.2) is 54.8 Å². The van der Waals surface area contributed by atoms with E-state index in [2.05, 4.69) is 20.0 Å². The lowest BCUT2D eigenvalue weighted by molar-refractivity contribution is -0.153. The minimum absolute atomic E-state index is 0.0991. The third kappa shape index (κ3) is 7.01. The monoisotopic (exact) mass is 547 g/mol. The molecule has 0 amide bonds. The summed E-state index contributed by atoms with van der Waals surface area (Å²) < 4.78 is 76.5. The van der Waals surface area contributed by atoms with Gasteiger partial charge in [-0.15, -0.1) is 0 Å². The molecule has 3 atom stereocenters. The summed E-state index contributed by atoms with van der Waals surface area (Å²) in [4.78, 5) is 23.7. The molecule has 5 N–H and O–H groups in total. The summed E-state index contributed by atoms with van der Waals surface area (Å²) in [5.74, 6) is -2.23. The van der Waals surface area contributed by atoms with Gasteiger partial charge < -0.3 is 20.1 Å². The molecule has 0 bridgehead atoms. The Bertz CT molecular complexity index is 1320. The third-order valence-corrected chi connectivity index (χ3v) is 7.37. The zero-order valence-electron chi connectivity index (χ0n) is 20.0. The molecule has 0 aliphatic rings. The van der Waals surface area contributed by atoms with Crippen LogP contribution in [0, 0.1) is 5.82 Å². The van der Waals surface area contributed by atoms with Gasteiger partial charge in [-0.3, -0.25) is 9.36 Å². The fourth-order valence-electron chi connectivity index (χ4n) is 3.43. The van der Waals surface area contributed by atoms with Crippen LogP contribution < -0.4 is 15.9 Å². The highest BCUT2D eigenvalue weighted by Crippen LogP contribution is 2.46. The van der Waals surface area contributed by atoms with Gasteiger partial charge in [0.25, 0.3) is 0 Å². The van der Waals surface area contributed by atoms with Gasteiger partial charge >= 0.3 is 12.1 Å². The molecule has 202 valence electrons. The second kappa shape index (κ2) is 10.7. The van der Waals surface area contributed by atoms with E-state index in [0.29, 0.717) is 17.2 Å². The summed E-state index contributed by atoms with van der Waals surface area (Å²) in [5, 5.41) is 13.7. The number of imidazole rings is 1. The van der Waals surface area contributed by atoms with Gasteiger partial charge in [0.1, 0.15) is 35.6 Å². The largest absolute Gasteiger partial charge is 0.480 e. The third-order valence-electron chi connectivity index (χ3n) is 5.27. The van der Waals surface area contributed by atoms with E-state index in [-0.39, 0.29) is 12.4 Å². The zero-order chi connectivity index (χ0) is 27.6. The number of aromatic nitrogens is 4. The summed E-state index contributed by atoms with van der Waals surface area (Å²) in [6, 6.07) is 1.13. The summed E-state index contributed by atoms with van der Waals surface area (Å²) in [6.45, 7) is 3.94. The molecule has 11 nitrogen and oxygen atoms in total. The van der Waals surface area contributed by atoms with Crippen molar-refractivity contribution >= 4 is 30.4 Å². The first-order valence-electron chi connectivity index (χ1n) is 10.9. The number of nitrogens with one attached hydrogen (secondary N) is 2. The number of rotatable bonds is 11. The first-order valence-corrected chi connectivity index (χ1v) is 12.8. The van der Waals surface area contributed by atoms with Crippen molar-refractivity contribution in [2.45, 2.75) is 51.2 Å². The molecule has 0 fully saturated rings. The molecular formula is C21H26F4N7O4P.